The maximum Gasteiger partial charge on any atom is 0.303 e. The summed E-state index contributed by atoms with van der Waals surface area (Å²) in [6, 6.07) is 0. The lowest BCUT2D eigenvalue weighted by Crippen LogP contribution is -2.35. The lowest BCUT2D eigenvalue weighted by atomic mass is 10.5. The Bertz CT molecular complexity index is 521. The van der Waals surface area contributed by atoms with Crippen molar-refractivity contribution in [1.82, 2.24) is 8.87 Å². The molecule has 102 valence electrons. The van der Waals surface area contributed by atoms with E-state index in [1.165, 1.54) is 16.8 Å². The summed E-state index contributed by atoms with van der Waals surface area (Å²) in [6.45, 7) is 3.13. The molecular weight excluding hydrogens is 256 g/mol. The molecule has 0 atom stereocenters. The van der Waals surface area contributed by atoms with E-state index in [1.54, 1.807) is 11.5 Å². The molecule has 0 spiro atoms. The van der Waals surface area contributed by atoms with Gasteiger partial charge in [0.25, 0.3) is 0 Å². The largest absolute Gasteiger partial charge is 0.411 e. The second-order valence-electron chi connectivity index (χ2n) is 3.96. The van der Waals surface area contributed by atoms with E-state index in [-0.39, 0.29) is 0 Å². The monoisotopic (exact) mass is 275 g/mol. The molecule has 0 aliphatic heterocycles. The van der Waals surface area contributed by atoms with Crippen LogP contribution in [0.25, 0.3) is 0 Å². The number of imidazole rings is 1. The van der Waals surface area contributed by atoms with Gasteiger partial charge in [-0.05, 0) is 0 Å². The molecule has 0 aliphatic rings. The van der Waals surface area contributed by atoms with Gasteiger partial charge in [0.1, 0.15) is 18.9 Å². The van der Waals surface area contributed by atoms with Gasteiger partial charge in [-0.1, -0.05) is 12.1 Å². The fourth-order valence-electron chi connectivity index (χ4n) is 1.72. The molecule has 0 aromatic carbocycles. The van der Waals surface area contributed by atoms with Crippen LogP contribution in [0.15, 0.2) is 17.5 Å². The quantitative estimate of drug-likeness (QED) is 0.326. The van der Waals surface area contributed by atoms with Crippen molar-refractivity contribution in [2.45, 2.75) is 13.5 Å². The fourth-order valence-corrected chi connectivity index (χ4v) is 2.60. The number of rotatable bonds is 6. The molecule has 1 aromatic rings. The average molecular weight is 275 g/mol. The first kappa shape index (κ1) is 14.7. The summed E-state index contributed by atoms with van der Waals surface area (Å²) in [4.78, 5) is 0. The van der Waals surface area contributed by atoms with Gasteiger partial charge < -0.3 is 5.21 Å². The second-order valence-corrected chi connectivity index (χ2v) is 5.94. The third-order valence-corrected chi connectivity index (χ3v) is 4.09. The van der Waals surface area contributed by atoms with Crippen LogP contribution in [0.4, 0.5) is 0 Å². The number of hydrogen-bond acceptors (Lipinski definition) is 4. The van der Waals surface area contributed by atoms with Crippen LogP contribution in [0, 0.1) is 0 Å². The Labute approximate surface area is 107 Å². The molecule has 0 amide bonds. The van der Waals surface area contributed by atoms with Crippen molar-refractivity contribution in [3.05, 3.63) is 18.2 Å². The van der Waals surface area contributed by atoms with Gasteiger partial charge in [-0.15, -0.1) is 0 Å². The Morgan fingerprint density at radius 2 is 2.28 bits per heavy atom. The van der Waals surface area contributed by atoms with E-state index in [0.29, 0.717) is 25.5 Å². The molecule has 8 heteroatoms. The summed E-state index contributed by atoms with van der Waals surface area (Å²) in [5.41, 5.74) is 0. The molecule has 0 radical (unpaired) electrons. The zero-order valence-electron chi connectivity index (χ0n) is 10.8. The van der Waals surface area contributed by atoms with Crippen LogP contribution < -0.4 is 4.57 Å². The van der Waals surface area contributed by atoms with E-state index in [1.807, 2.05) is 24.0 Å². The number of aryl methyl sites for hydroxylation is 1. The van der Waals surface area contributed by atoms with Gasteiger partial charge in [-0.25, -0.2) is 17.6 Å². The van der Waals surface area contributed by atoms with Gasteiger partial charge >= 0.3 is 5.82 Å². The normalized spacial score (nSPS) is 12.7. The molecule has 0 aliphatic carbocycles. The van der Waals surface area contributed by atoms with E-state index >= 15 is 0 Å². The summed E-state index contributed by atoms with van der Waals surface area (Å²) in [5, 5.41) is 11.6. The van der Waals surface area contributed by atoms with Crippen molar-refractivity contribution in [1.29, 1.82) is 0 Å². The Morgan fingerprint density at radius 3 is 2.78 bits per heavy atom. The number of aromatic nitrogens is 2. The van der Waals surface area contributed by atoms with E-state index in [4.69, 9.17) is 5.21 Å². The smallest absolute Gasteiger partial charge is 0.303 e. The van der Waals surface area contributed by atoms with Gasteiger partial charge in [0.2, 0.25) is 10.0 Å². The minimum Gasteiger partial charge on any atom is -0.411 e. The lowest BCUT2D eigenvalue weighted by molar-refractivity contribution is -0.671. The number of likely N-dealkylation sites (N-methyl/N-ethyl adjacent to an activating group) is 1. The van der Waals surface area contributed by atoms with E-state index < -0.39 is 10.0 Å². The highest BCUT2D eigenvalue weighted by Gasteiger charge is 2.18. The molecule has 0 unspecified atom stereocenters. The van der Waals surface area contributed by atoms with Crippen LogP contribution >= 0.6 is 0 Å². The summed E-state index contributed by atoms with van der Waals surface area (Å²) in [5.74, 6) is 0.696. The fraction of sp³-hybridized carbons (Fsp3) is 0.600. The van der Waals surface area contributed by atoms with E-state index in [2.05, 4.69) is 5.16 Å². The molecule has 1 rings (SSSR count). The molecule has 0 fully saturated rings. The molecule has 0 saturated heterocycles. The highest BCUT2D eigenvalue weighted by Crippen LogP contribution is 2.00. The van der Waals surface area contributed by atoms with Gasteiger partial charge in [0.05, 0.1) is 19.8 Å². The van der Waals surface area contributed by atoms with Gasteiger partial charge in [-0.3, -0.25) is 0 Å². The molecule has 0 saturated carbocycles. The first-order chi connectivity index (χ1) is 8.40. The van der Waals surface area contributed by atoms with Crippen molar-refractivity contribution in [3.8, 4) is 0 Å². The third-order valence-electron chi connectivity index (χ3n) is 2.71. The van der Waals surface area contributed by atoms with Gasteiger partial charge in [0, 0.05) is 6.54 Å². The Kier molecular flexibility index (Phi) is 4.85. The number of nitrogens with zero attached hydrogens (tertiary/aromatic N) is 4. The van der Waals surface area contributed by atoms with Crippen molar-refractivity contribution in [2.75, 3.05) is 19.3 Å². The van der Waals surface area contributed by atoms with Gasteiger partial charge in [0.15, 0.2) is 6.21 Å². The van der Waals surface area contributed by atoms with Crippen LogP contribution in [-0.2, 0) is 23.6 Å². The molecule has 1 N–H and O–H groups in total. The molecular formula is C10H19N4O3S+. The van der Waals surface area contributed by atoms with Gasteiger partial charge in [-0.2, -0.15) is 4.31 Å². The average Bonchev–Trinajstić information content (AvgIpc) is 2.61. The van der Waals surface area contributed by atoms with Crippen LogP contribution in [0.5, 0.6) is 0 Å². The summed E-state index contributed by atoms with van der Waals surface area (Å²) < 4.78 is 27.9. The predicted octanol–water partition coefficient (Wildman–Crippen LogP) is -0.598. The Morgan fingerprint density at radius 1 is 1.61 bits per heavy atom. The third kappa shape index (κ3) is 3.54. The van der Waals surface area contributed by atoms with Crippen LogP contribution in [0.1, 0.15) is 12.7 Å². The standard InChI is InChI=1S/C10H18N4O3S/c1-4-14(18(3,16)17)8-7-13-6-5-12(2)10(13)9-11-15/h5-6,9H,4,7-8H2,1-3H3/p+1. The van der Waals surface area contributed by atoms with E-state index in [0.717, 1.165) is 0 Å². The minimum absolute atomic E-state index is 0.385. The Hall–Kier alpha value is -1.41. The maximum absolute atomic E-state index is 11.4. The summed E-state index contributed by atoms with van der Waals surface area (Å²) in [7, 11) is -1.35. The SMILES string of the molecule is CCN(CCn1cc[n+](C)c1/C=N/O)S(C)(=O)=O. The molecule has 0 bridgehead atoms. The lowest BCUT2D eigenvalue weighted by Gasteiger charge is -2.16. The van der Waals surface area contributed by atoms with Crippen LogP contribution in [0.2, 0.25) is 0 Å². The highest BCUT2D eigenvalue weighted by molar-refractivity contribution is 7.88. The minimum atomic E-state index is -3.17. The van der Waals surface area contributed by atoms with Crippen molar-refractivity contribution in [3.63, 3.8) is 0 Å². The van der Waals surface area contributed by atoms with E-state index in [9.17, 15) is 8.42 Å². The molecule has 1 heterocycles. The molecule has 18 heavy (non-hydrogen) atoms. The number of sulfonamides is 1. The topological polar surface area (TPSA) is 78.8 Å². The summed E-state index contributed by atoms with van der Waals surface area (Å²) >= 11 is 0. The van der Waals surface area contributed by atoms with Crippen molar-refractivity contribution < 1.29 is 18.2 Å². The van der Waals surface area contributed by atoms with Crippen LogP contribution in [-0.4, -0.2) is 48.1 Å². The zero-order chi connectivity index (χ0) is 13.8. The zero-order valence-corrected chi connectivity index (χ0v) is 11.6. The molecule has 7 nitrogen and oxygen atoms in total. The first-order valence-electron chi connectivity index (χ1n) is 5.57. The first-order valence-corrected chi connectivity index (χ1v) is 7.42. The Balaban J connectivity index is 2.80. The summed E-state index contributed by atoms with van der Waals surface area (Å²) in [6.07, 6.45) is 6.14. The highest BCUT2D eigenvalue weighted by atomic mass is 32.2. The second kappa shape index (κ2) is 5.96. The number of hydrogen-bond donors (Lipinski definition) is 1. The van der Waals surface area contributed by atoms with Crippen LogP contribution in [0.3, 0.4) is 0 Å². The molecule has 1 aromatic heterocycles. The van der Waals surface area contributed by atoms with Crippen molar-refractivity contribution >= 4 is 16.2 Å². The van der Waals surface area contributed by atoms with Crippen molar-refractivity contribution in [2.24, 2.45) is 12.2 Å². The maximum atomic E-state index is 11.4. The predicted molar refractivity (Wildman–Crippen MR) is 67.1 cm³/mol. The number of oxime groups is 1.